The van der Waals surface area contributed by atoms with Gasteiger partial charge in [-0.1, -0.05) is 30.3 Å². The van der Waals surface area contributed by atoms with E-state index in [9.17, 15) is 9.59 Å². The second kappa shape index (κ2) is 6.33. The third kappa shape index (κ3) is 3.79. The molecule has 1 unspecified atom stereocenters. The van der Waals surface area contributed by atoms with Gasteiger partial charge in [0, 0.05) is 20.1 Å². The van der Waals surface area contributed by atoms with Crippen LogP contribution in [0.2, 0.25) is 0 Å². The van der Waals surface area contributed by atoms with Gasteiger partial charge in [-0.2, -0.15) is 0 Å². The van der Waals surface area contributed by atoms with Gasteiger partial charge in [0.15, 0.2) is 0 Å². The Kier molecular flexibility index (Phi) is 4.52. The fraction of sp³-hybridized carbons (Fsp3) is 0.429. The van der Waals surface area contributed by atoms with Crippen LogP contribution in [0, 0.1) is 0 Å². The second-order valence-electron chi connectivity index (χ2n) is 4.74. The Morgan fingerprint density at radius 3 is 2.74 bits per heavy atom. The molecule has 5 heteroatoms. The molecule has 1 aromatic rings. The molecule has 0 aromatic heterocycles. The zero-order chi connectivity index (χ0) is 13.7. The fourth-order valence-corrected chi connectivity index (χ4v) is 2.09. The van der Waals surface area contributed by atoms with E-state index in [0.29, 0.717) is 6.54 Å². The molecule has 2 amide bonds. The van der Waals surface area contributed by atoms with Crippen molar-refractivity contribution in [3.63, 3.8) is 0 Å². The van der Waals surface area contributed by atoms with Crippen LogP contribution in [0.1, 0.15) is 12.0 Å². The molecular weight excluding hydrogens is 242 g/mol. The van der Waals surface area contributed by atoms with E-state index in [-0.39, 0.29) is 24.4 Å². The average Bonchev–Trinajstić information content (AvgIpc) is 2.75. The smallest absolute Gasteiger partial charge is 0.239 e. The number of nitrogens with zero attached hydrogens (tertiary/aromatic N) is 1. The van der Waals surface area contributed by atoms with Gasteiger partial charge in [0.2, 0.25) is 11.8 Å². The van der Waals surface area contributed by atoms with E-state index in [0.717, 1.165) is 18.5 Å². The topological polar surface area (TPSA) is 61.4 Å². The van der Waals surface area contributed by atoms with Gasteiger partial charge in [-0.3, -0.25) is 14.9 Å². The van der Waals surface area contributed by atoms with Crippen LogP contribution in [-0.4, -0.2) is 42.9 Å². The molecule has 1 atom stereocenters. The van der Waals surface area contributed by atoms with Gasteiger partial charge < -0.3 is 10.2 Å². The van der Waals surface area contributed by atoms with Gasteiger partial charge in [0.25, 0.3) is 0 Å². The first kappa shape index (κ1) is 13.5. The summed E-state index contributed by atoms with van der Waals surface area (Å²) in [4.78, 5) is 25.0. The number of carbonyl (C=O) groups is 2. The first-order valence-electron chi connectivity index (χ1n) is 6.46. The molecule has 1 saturated heterocycles. The third-order valence-electron chi connectivity index (χ3n) is 3.27. The van der Waals surface area contributed by atoms with Crippen molar-refractivity contribution in [2.24, 2.45) is 0 Å². The minimum absolute atomic E-state index is 0.0656. The highest BCUT2D eigenvalue weighted by atomic mass is 16.2. The molecule has 1 fully saturated rings. The Balaban J connectivity index is 1.69. The van der Waals surface area contributed by atoms with Crippen LogP contribution in [0.3, 0.4) is 0 Å². The minimum atomic E-state index is -0.215. The van der Waals surface area contributed by atoms with Crippen LogP contribution in [0.15, 0.2) is 30.3 Å². The zero-order valence-corrected chi connectivity index (χ0v) is 11.1. The van der Waals surface area contributed by atoms with E-state index in [1.54, 1.807) is 11.9 Å². The summed E-state index contributed by atoms with van der Waals surface area (Å²) in [7, 11) is 1.78. The van der Waals surface area contributed by atoms with E-state index in [1.807, 2.05) is 30.3 Å². The first-order chi connectivity index (χ1) is 9.16. The summed E-state index contributed by atoms with van der Waals surface area (Å²) >= 11 is 0. The van der Waals surface area contributed by atoms with Crippen molar-refractivity contribution in [3.8, 4) is 0 Å². The maximum Gasteiger partial charge on any atom is 0.239 e. The molecule has 0 saturated carbocycles. The van der Waals surface area contributed by atoms with Gasteiger partial charge in [0.05, 0.1) is 12.6 Å². The molecule has 2 N–H and O–H groups in total. The Bertz CT molecular complexity index is 447. The molecule has 1 aliphatic heterocycles. The van der Waals surface area contributed by atoms with Crippen molar-refractivity contribution in [1.82, 2.24) is 15.5 Å². The van der Waals surface area contributed by atoms with Crippen molar-refractivity contribution < 1.29 is 9.59 Å². The number of nitrogens with one attached hydrogen (secondary N) is 2. The molecule has 1 aromatic carbocycles. The molecule has 2 rings (SSSR count). The lowest BCUT2D eigenvalue weighted by atomic mass is 10.2. The van der Waals surface area contributed by atoms with Gasteiger partial charge in [-0.15, -0.1) is 0 Å². The van der Waals surface area contributed by atoms with Crippen LogP contribution >= 0.6 is 0 Å². The lowest BCUT2D eigenvalue weighted by Gasteiger charge is -2.12. The third-order valence-corrected chi connectivity index (χ3v) is 3.27. The summed E-state index contributed by atoms with van der Waals surface area (Å²) in [5.74, 6) is -0.0259. The Morgan fingerprint density at radius 1 is 1.37 bits per heavy atom. The number of hydrogen-bond donors (Lipinski definition) is 2. The number of hydrogen-bond acceptors (Lipinski definition) is 3. The van der Waals surface area contributed by atoms with Gasteiger partial charge in [-0.05, 0) is 12.0 Å². The molecule has 0 aliphatic carbocycles. The number of likely N-dealkylation sites (N-methyl/N-ethyl adjacent to an activating group) is 1. The maximum atomic E-state index is 11.7. The summed E-state index contributed by atoms with van der Waals surface area (Å²) in [6, 6.07) is 9.52. The molecule has 5 nitrogen and oxygen atoms in total. The Hall–Kier alpha value is -1.88. The second-order valence-corrected chi connectivity index (χ2v) is 4.74. The largest absolute Gasteiger partial charge is 0.351 e. The summed E-state index contributed by atoms with van der Waals surface area (Å²) in [6.45, 7) is 1.44. The lowest BCUT2D eigenvalue weighted by Crippen LogP contribution is -2.42. The standard InChI is InChI=1S/C14H19N3O2/c1-17-8-7-12(14(17)19)15-10-13(18)16-9-11-5-3-2-4-6-11/h2-6,12,15H,7-10H2,1H3,(H,16,18). The molecule has 19 heavy (non-hydrogen) atoms. The summed E-state index contributed by atoms with van der Waals surface area (Å²) in [5, 5.41) is 5.82. The van der Waals surface area contributed by atoms with E-state index < -0.39 is 0 Å². The van der Waals surface area contributed by atoms with Crippen molar-refractivity contribution in [1.29, 1.82) is 0 Å². The van der Waals surface area contributed by atoms with Crippen molar-refractivity contribution >= 4 is 11.8 Å². The fourth-order valence-electron chi connectivity index (χ4n) is 2.09. The Labute approximate surface area is 113 Å². The number of rotatable bonds is 5. The first-order valence-corrected chi connectivity index (χ1v) is 6.46. The van der Waals surface area contributed by atoms with Crippen LogP contribution in [0.25, 0.3) is 0 Å². The van der Waals surface area contributed by atoms with E-state index in [2.05, 4.69) is 10.6 Å². The summed E-state index contributed by atoms with van der Waals surface area (Å²) < 4.78 is 0. The van der Waals surface area contributed by atoms with Crippen molar-refractivity contribution in [2.45, 2.75) is 19.0 Å². The predicted molar refractivity (Wildman–Crippen MR) is 72.3 cm³/mol. The van der Waals surface area contributed by atoms with E-state index in [1.165, 1.54) is 0 Å². The van der Waals surface area contributed by atoms with E-state index >= 15 is 0 Å². The number of likely N-dealkylation sites (tertiary alicyclic amines) is 1. The highest BCUT2D eigenvalue weighted by Crippen LogP contribution is 2.07. The minimum Gasteiger partial charge on any atom is -0.351 e. The highest BCUT2D eigenvalue weighted by molar-refractivity contribution is 5.85. The monoisotopic (exact) mass is 261 g/mol. The lowest BCUT2D eigenvalue weighted by molar-refractivity contribution is -0.128. The van der Waals surface area contributed by atoms with Crippen molar-refractivity contribution in [3.05, 3.63) is 35.9 Å². The normalized spacial score (nSPS) is 18.7. The van der Waals surface area contributed by atoms with Crippen LogP contribution in [0.5, 0.6) is 0 Å². The quantitative estimate of drug-likeness (QED) is 0.791. The van der Waals surface area contributed by atoms with Gasteiger partial charge in [0.1, 0.15) is 0 Å². The molecule has 1 heterocycles. The van der Waals surface area contributed by atoms with Crippen molar-refractivity contribution in [2.75, 3.05) is 20.1 Å². The summed E-state index contributed by atoms with van der Waals surface area (Å²) in [6.07, 6.45) is 0.765. The molecular formula is C14H19N3O2. The van der Waals surface area contributed by atoms with Crippen LogP contribution in [0.4, 0.5) is 0 Å². The highest BCUT2D eigenvalue weighted by Gasteiger charge is 2.28. The molecule has 1 aliphatic rings. The average molecular weight is 261 g/mol. The molecule has 0 bridgehead atoms. The predicted octanol–water partition coefficient (Wildman–Crippen LogP) is 0.123. The molecule has 0 spiro atoms. The Morgan fingerprint density at radius 2 is 2.11 bits per heavy atom. The molecule has 102 valence electrons. The maximum absolute atomic E-state index is 11.7. The number of amides is 2. The number of carbonyl (C=O) groups excluding carboxylic acids is 2. The number of benzene rings is 1. The zero-order valence-electron chi connectivity index (χ0n) is 11.1. The summed E-state index contributed by atoms with van der Waals surface area (Å²) in [5.41, 5.74) is 1.06. The SMILES string of the molecule is CN1CCC(NCC(=O)NCc2ccccc2)C1=O. The van der Waals surface area contributed by atoms with Crippen LogP contribution in [-0.2, 0) is 16.1 Å². The molecule has 0 radical (unpaired) electrons. The van der Waals surface area contributed by atoms with Crippen LogP contribution < -0.4 is 10.6 Å². The van der Waals surface area contributed by atoms with Gasteiger partial charge >= 0.3 is 0 Å². The van der Waals surface area contributed by atoms with E-state index in [4.69, 9.17) is 0 Å². The van der Waals surface area contributed by atoms with Gasteiger partial charge in [-0.25, -0.2) is 0 Å².